The van der Waals surface area contributed by atoms with Crippen LogP contribution < -0.4 is 10.2 Å². The normalized spacial score (nSPS) is 38.6. The van der Waals surface area contributed by atoms with Crippen LogP contribution in [0.1, 0.15) is 51.9 Å². The number of nitrogens with two attached hydrogens (primary N) is 1. The molecule has 2 saturated heterocycles. The summed E-state index contributed by atoms with van der Waals surface area (Å²) in [5.41, 5.74) is 0. The molecule has 0 aromatic rings. The van der Waals surface area contributed by atoms with E-state index in [2.05, 4.69) is 12.2 Å². The molecule has 2 rings (SSSR count). The van der Waals surface area contributed by atoms with Crippen LogP contribution in [0.4, 0.5) is 0 Å². The molecule has 0 aromatic heterocycles. The van der Waals surface area contributed by atoms with E-state index in [0.717, 1.165) is 12.1 Å². The zero-order chi connectivity index (χ0) is 10.5. The number of quaternary nitrogens is 2. The van der Waals surface area contributed by atoms with Crippen molar-refractivity contribution in [2.45, 2.75) is 64.0 Å². The van der Waals surface area contributed by atoms with Gasteiger partial charge in [0, 0.05) is 6.42 Å². The monoisotopic (exact) mass is 212 g/mol. The molecule has 2 aliphatic heterocycles. The van der Waals surface area contributed by atoms with E-state index in [9.17, 15) is 0 Å². The standard InChI is InChI=1S/C13H26N2/c1-12-7-4-6-10-15(12)11-13-8-3-2-5-9-14-13/h12-14H,2-11H2,1H3/p+2/t12-,13+/m1/s1. The van der Waals surface area contributed by atoms with Crippen molar-refractivity contribution in [3.8, 4) is 0 Å². The molecule has 0 aliphatic carbocycles. The van der Waals surface area contributed by atoms with Crippen molar-refractivity contribution < 1.29 is 10.2 Å². The van der Waals surface area contributed by atoms with Gasteiger partial charge in [-0.1, -0.05) is 0 Å². The summed E-state index contributed by atoms with van der Waals surface area (Å²) in [4.78, 5) is 1.89. The summed E-state index contributed by atoms with van der Waals surface area (Å²) in [6.45, 7) is 6.70. The number of nitrogens with one attached hydrogen (secondary N) is 1. The zero-order valence-corrected chi connectivity index (χ0v) is 10.3. The van der Waals surface area contributed by atoms with Gasteiger partial charge in [0.2, 0.25) is 0 Å². The molecule has 0 radical (unpaired) electrons. The fourth-order valence-electron chi connectivity index (χ4n) is 3.28. The Balaban J connectivity index is 1.78. The topological polar surface area (TPSA) is 21.1 Å². The highest BCUT2D eigenvalue weighted by Gasteiger charge is 2.27. The third kappa shape index (κ3) is 3.46. The predicted molar refractivity (Wildman–Crippen MR) is 63.1 cm³/mol. The number of hydrogen-bond donors (Lipinski definition) is 2. The molecule has 88 valence electrons. The van der Waals surface area contributed by atoms with Crippen LogP contribution in [0, 0.1) is 0 Å². The first-order valence-electron chi connectivity index (χ1n) is 7.04. The van der Waals surface area contributed by atoms with Crippen molar-refractivity contribution in [1.29, 1.82) is 0 Å². The van der Waals surface area contributed by atoms with Gasteiger partial charge in [0.25, 0.3) is 0 Å². The Morgan fingerprint density at radius 1 is 1.07 bits per heavy atom. The minimum Gasteiger partial charge on any atom is -0.339 e. The lowest BCUT2D eigenvalue weighted by Gasteiger charge is -2.31. The van der Waals surface area contributed by atoms with E-state index in [1.54, 1.807) is 0 Å². The van der Waals surface area contributed by atoms with Gasteiger partial charge < -0.3 is 10.2 Å². The summed E-state index contributed by atoms with van der Waals surface area (Å²) in [6, 6.07) is 1.86. The molecular weight excluding hydrogens is 184 g/mol. The van der Waals surface area contributed by atoms with Crippen LogP contribution in [0.25, 0.3) is 0 Å². The molecular formula is C13H28N2+2. The maximum Gasteiger partial charge on any atom is 0.135 e. The van der Waals surface area contributed by atoms with Crippen LogP contribution >= 0.6 is 0 Å². The predicted octanol–water partition coefficient (Wildman–Crippen LogP) is -0.0503. The Kier molecular flexibility index (Phi) is 4.45. The van der Waals surface area contributed by atoms with Crippen LogP contribution in [-0.2, 0) is 0 Å². The lowest BCUT2D eigenvalue weighted by Crippen LogP contribution is -3.19. The molecule has 0 bridgehead atoms. The lowest BCUT2D eigenvalue weighted by atomic mass is 10.0. The van der Waals surface area contributed by atoms with Gasteiger partial charge in [-0.25, -0.2) is 0 Å². The first-order valence-corrected chi connectivity index (χ1v) is 7.04. The summed E-state index contributed by atoms with van der Waals surface area (Å²) in [7, 11) is 0. The van der Waals surface area contributed by atoms with Gasteiger partial charge in [-0.15, -0.1) is 0 Å². The molecule has 15 heavy (non-hydrogen) atoms. The molecule has 0 saturated carbocycles. The largest absolute Gasteiger partial charge is 0.339 e. The van der Waals surface area contributed by atoms with Crippen molar-refractivity contribution in [3.05, 3.63) is 0 Å². The van der Waals surface area contributed by atoms with Crippen LogP contribution in [0.15, 0.2) is 0 Å². The molecule has 3 atom stereocenters. The Bertz CT molecular complexity index is 173. The van der Waals surface area contributed by atoms with E-state index in [4.69, 9.17) is 0 Å². The van der Waals surface area contributed by atoms with E-state index in [1.807, 2.05) is 4.90 Å². The molecule has 0 spiro atoms. The zero-order valence-electron chi connectivity index (χ0n) is 10.3. The van der Waals surface area contributed by atoms with Crippen LogP contribution in [0.5, 0.6) is 0 Å². The fraction of sp³-hybridized carbons (Fsp3) is 1.00. The van der Waals surface area contributed by atoms with Crippen LogP contribution in [0.3, 0.4) is 0 Å². The summed E-state index contributed by atoms with van der Waals surface area (Å²) in [5, 5.41) is 2.63. The van der Waals surface area contributed by atoms with Crippen molar-refractivity contribution in [2.24, 2.45) is 0 Å². The fourth-order valence-corrected chi connectivity index (χ4v) is 3.28. The average Bonchev–Trinajstić information content (AvgIpc) is 2.50. The number of rotatable bonds is 2. The molecule has 2 heteroatoms. The van der Waals surface area contributed by atoms with E-state index >= 15 is 0 Å². The number of likely N-dealkylation sites (tertiary alicyclic amines) is 1. The van der Waals surface area contributed by atoms with Gasteiger partial charge in [0.1, 0.15) is 12.6 Å². The average molecular weight is 212 g/mol. The van der Waals surface area contributed by atoms with Crippen molar-refractivity contribution in [2.75, 3.05) is 19.6 Å². The third-order valence-corrected chi connectivity index (χ3v) is 4.39. The highest BCUT2D eigenvalue weighted by Crippen LogP contribution is 2.05. The highest BCUT2D eigenvalue weighted by molar-refractivity contribution is 4.61. The van der Waals surface area contributed by atoms with E-state index in [1.165, 1.54) is 64.6 Å². The van der Waals surface area contributed by atoms with Crippen LogP contribution in [0.2, 0.25) is 0 Å². The first-order chi connectivity index (χ1) is 7.36. The number of hydrogen-bond acceptors (Lipinski definition) is 0. The maximum atomic E-state index is 2.63. The minimum absolute atomic E-state index is 0.926. The molecule has 1 unspecified atom stereocenters. The van der Waals surface area contributed by atoms with Crippen LogP contribution in [-0.4, -0.2) is 31.7 Å². The highest BCUT2D eigenvalue weighted by atomic mass is 15.2. The molecule has 2 nitrogen and oxygen atoms in total. The second-order valence-corrected chi connectivity index (χ2v) is 5.64. The first kappa shape index (κ1) is 11.4. The minimum atomic E-state index is 0.926. The second-order valence-electron chi connectivity index (χ2n) is 5.64. The van der Waals surface area contributed by atoms with Gasteiger partial charge in [0.05, 0.1) is 19.1 Å². The van der Waals surface area contributed by atoms with Gasteiger partial charge in [-0.2, -0.15) is 0 Å². The third-order valence-electron chi connectivity index (χ3n) is 4.39. The quantitative estimate of drug-likeness (QED) is 0.640. The van der Waals surface area contributed by atoms with Gasteiger partial charge >= 0.3 is 0 Å². The molecule has 3 N–H and O–H groups in total. The molecule has 0 aromatic carbocycles. The molecule has 2 fully saturated rings. The Hall–Kier alpha value is -0.0800. The summed E-state index contributed by atoms with van der Waals surface area (Å²) in [6.07, 6.45) is 10.3. The van der Waals surface area contributed by atoms with Gasteiger partial charge in [-0.3, -0.25) is 0 Å². The van der Waals surface area contributed by atoms with Crippen molar-refractivity contribution in [3.63, 3.8) is 0 Å². The van der Waals surface area contributed by atoms with E-state index < -0.39 is 0 Å². The molecule has 2 heterocycles. The van der Waals surface area contributed by atoms with Crippen molar-refractivity contribution >= 4 is 0 Å². The Labute approximate surface area is 94.4 Å². The smallest absolute Gasteiger partial charge is 0.135 e. The lowest BCUT2D eigenvalue weighted by molar-refractivity contribution is -0.944. The van der Waals surface area contributed by atoms with E-state index in [-0.39, 0.29) is 0 Å². The summed E-state index contributed by atoms with van der Waals surface area (Å²) in [5.74, 6) is 0. The summed E-state index contributed by atoms with van der Waals surface area (Å²) < 4.78 is 0. The second kappa shape index (κ2) is 5.86. The van der Waals surface area contributed by atoms with Gasteiger partial charge in [0.15, 0.2) is 0 Å². The van der Waals surface area contributed by atoms with Crippen molar-refractivity contribution in [1.82, 2.24) is 0 Å². The van der Waals surface area contributed by atoms with Gasteiger partial charge in [-0.05, 0) is 45.4 Å². The summed E-state index contributed by atoms with van der Waals surface area (Å²) >= 11 is 0. The SMILES string of the molecule is C[C@@H]1CCCC[NH+]1C[C@@H]1CCCCC[NH2+]1. The Morgan fingerprint density at radius 2 is 1.93 bits per heavy atom. The Morgan fingerprint density at radius 3 is 2.80 bits per heavy atom. The number of piperidine rings is 1. The maximum absolute atomic E-state index is 2.63. The van der Waals surface area contributed by atoms with E-state index in [0.29, 0.717) is 0 Å². The molecule has 0 amide bonds. The molecule has 2 aliphatic rings.